The number of piperazine rings is 1. The monoisotopic (exact) mass is 477 g/mol. The maximum absolute atomic E-state index is 13.2. The Kier molecular flexibility index (Phi) is 7.24. The first-order chi connectivity index (χ1) is 16.9. The predicted molar refractivity (Wildman–Crippen MR) is 135 cm³/mol. The van der Waals surface area contributed by atoms with Crippen LogP contribution in [0.2, 0.25) is 0 Å². The molecule has 0 radical (unpaired) electrons. The summed E-state index contributed by atoms with van der Waals surface area (Å²) in [5, 5.41) is 3.28. The van der Waals surface area contributed by atoms with Crippen LogP contribution in [0.1, 0.15) is 21.6 Å². The third-order valence-electron chi connectivity index (χ3n) is 5.95. The number of amides is 1. The second-order valence-corrected chi connectivity index (χ2v) is 8.38. The van der Waals surface area contributed by atoms with Crippen molar-refractivity contribution in [3.8, 4) is 17.2 Å². The number of carbonyl (C=O) groups excluding carboxylic acids is 1. The van der Waals surface area contributed by atoms with Crippen LogP contribution in [0.15, 0.2) is 42.5 Å². The van der Waals surface area contributed by atoms with Crippen LogP contribution in [0.4, 0.5) is 17.5 Å². The number of rotatable bonds is 7. The summed E-state index contributed by atoms with van der Waals surface area (Å²) in [5.41, 5.74) is 3.50. The number of nitrogens with zero attached hydrogens (tertiary/aromatic N) is 4. The molecule has 0 saturated carbocycles. The molecule has 3 aromatic rings. The third kappa shape index (κ3) is 5.40. The first-order valence-corrected chi connectivity index (χ1v) is 11.5. The van der Waals surface area contributed by atoms with E-state index in [-0.39, 0.29) is 5.91 Å². The van der Waals surface area contributed by atoms with Crippen molar-refractivity contribution >= 4 is 23.4 Å². The van der Waals surface area contributed by atoms with Gasteiger partial charge in [0.25, 0.3) is 5.91 Å². The maximum atomic E-state index is 13.2. The Hall–Kier alpha value is -4.01. The van der Waals surface area contributed by atoms with Crippen molar-refractivity contribution in [2.24, 2.45) is 0 Å². The zero-order chi connectivity index (χ0) is 24.9. The van der Waals surface area contributed by atoms with Crippen molar-refractivity contribution < 1.29 is 19.0 Å². The molecule has 0 unspecified atom stereocenters. The van der Waals surface area contributed by atoms with Gasteiger partial charge in [-0.1, -0.05) is 17.7 Å². The highest BCUT2D eigenvalue weighted by Gasteiger charge is 2.25. The Morgan fingerprint density at radius 3 is 2.06 bits per heavy atom. The van der Waals surface area contributed by atoms with Gasteiger partial charge in [-0.25, -0.2) is 4.98 Å². The molecule has 0 atom stereocenters. The fourth-order valence-corrected chi connectivity index (χ4v) is 4.06. The van der Waals surface area contributed by atoms with E-state index >= 15 is 0 Å². The second kappa shape index (κ2) is 10.5. The topological polar surface area (TPSA) is 89.1 Å². The number of hydrogen-bond acceptors (Lipinski definition) is 8. The lowest BCUT2D eigenvalue weighted by molar-refractivity contribution is 0.0745. The lowest BCUT2D eigenvalue weighted by Crippen LogP contribution is -2.49. The molecule has 1 fully saturated rings. The first-order valence-electron chi connectivity index (χ1n) is 11.5. The SMILES string of the molecule is COc1cc(C(=O)N2CCN(c3cc(C)nc(Nc4ccc(C)cc4)n3)CC2)cc(OC)c1OC. The zero-order valence-corrected chi connectivity index (χ0v) is 20.8. The quantitative estimate of drug-likeness (QED) is 0.549. The van der Waals surface area contributed by atoms with Crippen molar-refractivity contribution in [1.29, 1.82) is 0 Å². The Bertz CT molecular complexity index is 1170. The van der Waals surface area contributed by atoms with Gasteiger partial charge >= 0.3 is 0 Å². The Balaban J connectivity index is 1.45. The van der Waals surface area contributed by atoms with Crippen LogP contribution in [0, 0.1) is 13.8 Å². The molecule has 1 aliphatic rings. The molecule has 184 valence electrons. The molecule has 0 aliphatic carbocycles. The first kappa shape index (κ1) is 24.1. The summed E-state index contributed by atoms with van der Waals surface area (Å²) in [6, 6.07) is 13.5. The number of nitrogens with one attached hydrogen (secondary N) is 1. The molecule has 2 heterocycles. The third-order valence-corrected chi connectivity index (χ3v) is 5.95. The van der Waals surface area contributed by atoms with Crippen molar-refractivity contribution in [2.75, 3.05) is 57.7 Å². The molecule has 1 aliphatic heterocycles. The predicted octanol–water partition coefficient (Wildman–Crippen LogP) is 3.83. The number of anilines is 3. The Morgan fingerprint density at radius 2 is 1.49 bits per heavy atom. The molecule has 0 bridgehead atoms. The van der Waals surface area contributed by atoms with Crippen LogP contribution in [-0.4, -0.2) is 68.3 Å². The molecule has 1 saturated heterocycles. The van der Waals surface area contributed by atoms with E-state index in [2.05, 4.69) is 22.1 Å². The molecule has 4 rings (SSSR count). The Morgan fingerprint density at radius 1 is 0.857 bits per heavy atom. The van der Waals surface area contributed by atoms with Crippen LogP contribution < -0.4 is 24.4 Å². The molecule has 2 aromatic carbocycles. The van der Waals surface area contributed by atoms with Crippen LogP contribution in [0.25, 0.3) is 0 Å². The van der Waals surface area contributed by atoms with Gasteiger partial charge in [0.15, 0.2) is 11.5 Å². The summed E-state index contributed by atoms with van der Waals surface area (Å²) in [7, 11) is 4.61. The van der Waals surface area contributed by atoms with Gasteiger partial charge < -0.3 is 29.3 Å². The van der Waals surface area contributed by atoms with Gasteiger partial charge in [0, 0.05) is 49.2 Å². The van der Waals surface area contributed by atoms with E-state index < -0.39 is 0 Å². The van der Waals surface area contributed by atoms with E-state index in [0.717, 1.165) is 17.2 Å². The molecular formula is C26H31N5O4. The fraction of sp³-hybridized carbons (Fsp3) is 0.346. The molecule has 1 aromatic heterocycles. The second-order valence-electron chi connectivity index (χ2n) is 8.38. The normalized spacial score (nSPS) is 13.4. The molecule has 9 heteroatoms. The van der Waals surface area contributed by atoms with E-state index in [9.17, 15) is 4.79 Å². The smallest absolute Gasteiger partial charge is 0.254 e. The molecule has 9 nitrogen and oxygen atoms in total. The summed E-state index contributed by atoms with van der Waals surface area (Å²) in [6.07, 6.45) is 0. The number of aromatic nitrogens is 2. The minimum absolute atomic E-state index is 0.0792. The van der Waals surface area contributed by atoms with E-state index in [4.69, 9.17) is 19.2 Å². The van der Waals surface area contributed by atoms with Crippen LogP contribution >= 0.6 is 0 Å². The van der Waals surface area contributed by atoms with Gasteiger partial charge in [-0.3, -0.25) is 4.79 Å². The van der Waals surface area contributed by atoms with E-state index in [0.29, 0.717) is 54.9 Å². The Labute approximate surface area is 205 Å². The number of benzene rings is 2. The largest absolute Gasteiger partial charge is 0.493 e. The number of hydrogen-bond donors (Lipinski definition) is 1. The van der Waals surface area contributed by atoms with Crippen LogP contribution in [0.5, 0.6) is 17.2 Å². The summed E-state index contributed by atoms with van der Waals surface area (Å²) in [5.74, 6) is 2.69. The fourth-order valence-electron chi connectivity index (χ4n) is 4.06. The van der Waals surface area contributed by atoms with Gasteiger partial charge in [0.2, 0.25) is 11.7 Å². The van der Waals surface area contributed by atoms with Gasteiger partial charge in [0.1, 0.15) is 5.82 Å². The number of carbonyl (C=O) groups is 1. The van der Waals surface area contributed by atoms with Gasteiger partial charge in [0.05, 0.1) is 21.3 Å². The van der Waals surface area contributed by atoms with Crippen molar-refractivity contribution in [1.82, 2.24) is 14.9 Å². The standard InChI is InChI=1S/C26H31N5O4/c1-17-6-8-20(9-7-17)28-26-27-18(2)14-23(29-26)30-10-12-31(13-11-30)25(32)19-15-21(33-3)24(35-5)22(16-19)34-4/h6-9,14-16H,10-13H2,1-5H3,(H,27,28,29). The maximum Gasteiger partial charge on any atom is 0.254 e. The van der Waals surface area contributed by atoms with Crippen molar-refractivity contribution in [3.05, 3.63) is 59.3 Å². The summed E-state index contributed by atoms with van der Waals surface area (Å²) < 4.78 is 16.2. The molecular weight excluding hydrogens is 446 g/mol. The van der Waals surface area contributed by atoms with Gasteiger partial charge in [-0.15, -0.1) is 0 Å². The number of aryl methyl sites for hydroxylation is 2. The summed E-state index contributed by atoms with van der Waals surface area (Å²) in [6.45, 7) is 6.47. The molecule has 1 amide bonds. The summed E-state index contributed by atoms with van der Waals surface area (Å²) >= 11 is 0. The van der Waals surface area contributed by atoms with Crippen LogP contribution in [0.3, 0.4) is 0 Å². The van der Waals surface area contributed by atoms with E-state index in [1.165, 1.54) is 26.9 Å². The number of ether oxygens (including phenoxy) is 3. The molecule has 35 heavy (non-hydrogen) atoms. The zero-order valence-electron chi connectivity index (χ0n) is 20.8. The van der Waals surface area contributed by atoms with E-state index in [1.54, 1.807) is 12.1 Å². The van der Waals surface area contributed by atoms with Gasteiger partial charge in [-0.05, 0) is 38.1 Å². The minimum atomic E-state index is -0.0792. The average Bonchev–Trinajstić information content (AvgIpc) is 2.88. The highest BCUT2D eigenvalue weighted by molar-refractivity contribution is 5.95. The number of methoxy groups -OCH3 is 3. The van der Waals surface area contributed by atoms with Crippen LogP contribution in [-0.2, 0) is 0 Å². The van der Waals surface area contributed by atoms with Crippen molar-refractivity contribution in [2.45, 2.75) is 13.8 Å². The lowest BCUT2D eigenvalue weighted by atomic mass is 10.1. The summed E-state index contributed by atoms with van der Waals surface area (Å²) in [4.78, 5) is 26.5. The van der Waals surface area contributed by atoms with E-state index in [1.807, 2.05) is 42.2 Å². The molecule has 0 spiro atoms. The minimum Gasteiger partial charge on any atom is -0.493 e. The average molecular weight is 478 g/mol. The lowest BCUT2D eigenvalue weighted by Gasteiger charge is -2.35. The highest BCUT2D eigenvalue weighted by atomic mass is 16.5. The van der Waals surface area contributed by atoms with Gasteiger partial charge in [-0.2, -0.15) is 4.98 Å². The molecule has 1 N–H and O–H groups in total. The van der Waals surface area contributed by atoms with Crippen molar-refractivity contribution in [3.63, 3.8) is 0 Å². The highest BCUT2D eigenvalue weighted by Crippen LogP contribution is 2.38.